The van der Waals surface area contributed by atoms with Crippen molar-refractivity contribution >= 4 is 49.3 Å². The van der Waals surface area contributed by atoms with Crippen LogP contribution in [0.3, 0.4) is 0 Å². The summed E-state index contributed by atoms with van der Waals surface area (Å²) in [5.41, 5.74) is 6.84. The smallest absolute Gasteiger partial charge is 0.147 e. The number of para-hydroxylation sites is 2. The van der Waals surface area contributed by atoms with Crippen molar-refractivity contribution in [3.8, 4) is 22.8 Å². The van der Waals surface area contributed by atoms with Gasteiger partial charge in [0, 0.05) is 34.1 Å². The first kappa shape index (κ1) is 24.5. The molecule has 0 unspecified atom stereocenters. The van der Waals surface area contributed by atoms with Crippen molar-refractivity contribution in [2.45, 2.75) is 26.2 Å². The van der Waals surface area contributed by atoms with E-state index in [0.717, 1.165) is 66.6 Å². The topological polar surface area (TPSA) is 52.3 Å². The first-order valence-electron chi connectivity index (χ1n) is 14.2. The number of nitrogens with zero attached hydrogens (tertiary/aromatic N) is 4. The lowest BCUT2D eigenvalue weighted by atomic mass is 9.85. The van der Waals surface area contributed by atoms with Gasteiger partial charge in [0.05, 0.1) is 16.7 Å². The molecule has 0 bridgehead atoms. The van der Waals surface area contributed by atoms with E-state index in [0.29, 0.717) is 0 Å². The van der Waals surface area contributed by atoms with Gasteiger partial charge < -0.3 is 4.74 Å². The zero-order valence-electron chi connectivity index (χ0n) is 23.7. The molecule has 0 N–H and O–H groups in total. The molecule has 0 atom stereocenters. The molecule has 5 nitrogen and oxygen atoms in total. The highest BCUT2D eigenvalue weighted by Gasteiger charge is 2.19. The standard InChI is InChI=1S/C37H28N4O/c1-37(2,3)25-19-24(34-28-10-5-4-9-23(28)16-18-38-34)20-27(21-25)42-26-14-15-29-30-11-8-17-39-35(30)41-33-13-7-6-12-32(33)40-36(41)31(29)22-26/h4-22H,1-3H3. The molecule has 0 aliphatic heterocycles. The first-order chi connectivity index (χ1) is 20.4. The largest absolute Gasteiger partial charge is 0.457 e. The number of hydrogen-bond donors (Lipinski definition) is 0. The van der Waals surface area contributed by atoms with Gasteiger partial charge in [-0.25, -0.2) is 9.97 Å². The van der Waals surface area contributed by atoms with Gasteiger partial charge in [0.25, 0.3) is 0 Å². The van der Waals surface area contributed by atoms with Crippen molar-refractivity contribution in [1.29, 1.82) is 0 Å². The third-order valence-corrected chi connectivity index (χ3v) is 8.04. The van der Waals surface area contributed by atoms with Gasteiger partial charge in [-0.2, -0.15) is 0 Å². The summed E-state index contributed by atoms with van der Waals surface area (Å²) >= 11 is 0. The van der Waals surface area contributed by atoms with E-state index < -0.39 is 0 Å². The molecule has 4 aromatic carbocycles. The number of aromatic nitrogens is 4. The van der Waals surface area contributed by atoms with Crippen molar-refractivity contribution in [2.75, 3.05) is 0 Å². The van der Waals surface area contributed by atoms with Gasteiger partial charge >= 0.3 is 0 Å². The Bertz CT molecular complexity index is 2320. The average molecular weight is 545 g/mol. The summed E-state index contributed by atoms with van der Waals surface area (Å²) in [7, 11) is 0. The van der Waals surface area contributed by atoms with Gasteiger partial charge in [0.2, 0.25) is 0 Å². The predicted octanol–water partition coefficient (Wildman–Crippen LogP) is 9.49. The van der Waals surface area contributed by atoms with E-state index in [1.807, 2.05) is 42.7 Å². The average Bonchev–Trinajstić information content (AvgIpc) is 3.40. The molecule has 0 amide bonds. The predicted molar refractivity (Wildman–Crippen MR) is 171 cm³/mol. The molecule has 0 saturated carbocycles. The summed E-state index contributed by atoms with van der Waals surface area (Å²) in [5, 5.41) is 5.48. The molecule has 0 fully saturated rings. The van der Waals surface area contributed by atoms with Crippen LogP contribution in [0.2, 0.25) is 0 Å². The second-order valence-electron chi connectivity index (χ2n) is 11.8. The van der Waals surface area contributed by atoms with Gasteiger partial charge in [-0.3, -0.25) is 9.38 Å². The van der Waals surface area contributed by atoms with Crippen molar-refractivity contribution in [3.63, 3.8) is 0 Å². The van der Waals surface area contributed by atoms with E-state index in [1.165, 1.54) is 10.9 Å². The maximum absolute atomic E-state index is 6.65. The van der Waals surface area contributed by atoms with Crippen LogP contribution < -0.4 is 4.74 Å². The van der Waals surface area contributed by atoms with E-state index in [9.17, 15) is 0 Å². The summed E-state index contributed by atoms with van der Waals surface area (Å²) in [6, 6.07) is 35.5. The van der Waals surface area contributed by atoms with Gasteiger partial charge in [-0.05, 0) is 88.5 Å². The van der Waals surface area contributed by atoms with Crippen LogP contribution in [-0.2, 0) is 5.41 Å². The Kier molecular flexibility index (Phi) is 5.32. The Morgan fingerprint density at radius 2 is 1.45 bits per heavy atom. The monoisotopic (exact) mass is 544 g/mol. The molecule has 4 aromatic heterocycles. The molecule has 0 aliphatic carbocycles. The van der Waals surface area contributed by atoms with Crippen LogP contribution in [0, 0.1) is 0 Å². The Morgan fingerprint density at radius 1 is 0.619 bits per heavy atom. The molecule has 202 valence electrons. The highest BCUT2D eigenvalue weighted by atomic mass is 16.5. The fourth-order valence-corrected chi connectivity index (χ4v) is 5.93. The van der Waals surface area contributed by atoms with Crippen molar-refractivity contribution < 1.29 is 4.74 Å². The Hall–Kier alpha value is -5.29. The zero-order chi connectivity index (χ0) is 28.4. The number of imidazole rings is 1. The number of benzene rings is 4. The quantitative estimate of drug-likeness (QED) is 0.208. The van der Waals surface area contributed by atoms with Gasteiger partial charge in [-0.1, -0.05) is 57.2 Å². The molecule has 42 heavy (non-hydrogen) atoms. The number of ether oxygens (including phenoxy) is 1. The van der Waals surface area contributed by atoms with Crippen LogP contribution in [0.15, 0.2) is 116 Å². The molecule has 0 spiro atoms. The molecule has 0 aliphatic rings. The minimum absolute atomic E-state index is 0.0733. The summed E-state index contributed by atoms with van der Waals surface area (Å²) in [4.78, 5) is 14.6. The van der Waals surface area contributed by atoms with Crippen LogP contribution in [0.25, 0.3) is 60.5 Å². The minimum Gasteiger partial charge on any atom is -0.457 e. The van der Waals surface area contributed by atoms with Crippen molar-refractivity contribution in [1.82, 2.24) is 19.4 Å². The minimum atomic E-state index is -0.0733. The molecule has 8 aromatic rings. The molecule has 5 heteroatoms. The SMILES string of the molecule is CC(C)(C)c1cc(Oc2ccc3c4cccnc4n4c5ccccc5nc4c3c2)cc(-c2nccc3ccccc23)c1. The van der Waals surface area contributed by atoms with E-state index in [-0.39, 0.29) is 5.41 Å². The molecule has 4 heterocycles. The van der Waals surface area contributed by atoms with Crippen molar-refractivity contribution in [3.05, 3.63) is 121 Å². The van der Waals surface area contributed by atoms with Gasteiger partial charge in [-0.15, -0.1) is 0 Å². The third kappa shape index (κ3) is 3.89. The van der Waals surface area contributed by atoms with Crippen LogP contribution in [0.4, 0.5) is 0 Å². The maximum atomic E-state index is 6.65. The summed E-state index contributed by atoms with van der Waals surface area (Å²) in [5.74, 6) is 1.53. The second-order valence-corrected chi connectivity index (χ2v) is 11.8. The fourth-order valence-electron chi connectivity index (χ4n) is 5.93. The van der Waals surface area contributed by atoms with Crippen LogP contribution in [0.5, 0.6) is 11.5 Å². The summed E-state index contributed by atoms with van der Waals surface area (Å²) < 4.78 is 8.81. The Balaban J connectivity index is 1.32. The number of pyridine rings is 3. The summed E-state index contributed by atoms with van der Waals surface area (Å²) in [6.45, 7) is 6.67. The van der Waals surface area contributed by atoms with E-state index >= 15 is 0 Å². The number of fused-ring (bicyclic) bond motifs is 9. The van der Waals surface area contributed by atoms with E-state index in [4.69, 9.17) is 19.7 Å². The van der Waals surface area contributed by atoms with Crippen molar-refractivity contribution in [2.24, 2.45) is 0 Å². The van der Waals surface area contributed by atoms with Gasteiger partial charge in [0.1, 0.15) is 22.8 Å². The van der Waals surface area contributed by atoms with Crippen LogP contribution in [-0.4, -0.2) is 19.4 Å². The van der Waals surface area contributed by atoms with Crippen LogP contribution >= 0.6 is 0 Å². The molecule has 0 radical (unpaired) electrons. The lowest BCUT2D eigenvalue weighted by Crippen LogP contribution is -2.11. The normalized spacial score (nSPS) is 12.2. The first-order valence-corrected chi connectivity index (χ1v) is 14.2. The molecular weight excluding hydrogens is 516 g/mol. The molecule has 8 rings (SSSR count). The van der Waals surface area contributed by atoms with Crippen LogP contribution in [0.1, 0.15) is 26.3 Å². The second kappa shape index (κ2) is 9.11. The van der Waals surface area contributed by atoms with E-state index in [2.05, 4.69) is 98.0 Å². The molecular formula is C37H28N4O. The molecule has 0 saturated heterocycles. The number of rotatable bonds is 3. The highest BCUT2D eigenvalue weighted by Crippen LogP contribution is 2.38. The highest BCUT2D eigenvalue weighted by molar-refractivity contribution is 6.13. The van der Waals surface area contributed by atoms with E-state index in [1.54, 1.807) is 0 Å². The van der Waals surface area contributed by atoms with Gasteiger partial charge in [0.15, 0.2) is 0 Å². The zero-order valence-corrected chi connectivity index (χ0v) is 23.7. The number of hydrogen-bond acceptors (Lipinski definition) is 4. The third-order valence-electron chi connectivity index (χ3n) is 8.04. The lowest BCUT2D eigenvalue weighted by Gasteiger charge is -2.22. The Labute approximate surface area is 243 Å². The Morgan fingerprint density at radius 3 is 2.36 bits per heavy atom. The maximum Gasteiger partial charge on any atom is 0.147 e. The fraction of sp³-hybridized carbons (Fsp3) is 0.108. The lowest BCUT2D eigenvalue weighted by molar-refractivity contribution is 0.479. The summed E-state index contributed by atoms with van der Waals surface area (Å²) in [6.07, 6.45) is 3.72.